The Morgan fingerprint density at radius 1 is 1.33 bits per heavy atom. The molecule has 0 spiro atoms. The predicted molar refractivity (Wildman–Crippen MR) is 69.8 cm³/mol. The van der Waals surface area contributed by atoms with Gasteiger partial charge in [-0.05, 0) is 37.8 Å². The monoisotopic (exact) mass is 265 g/mol. The summed E-state index contributed by atoms with van der Waals surface area (Å²) in [6.07, 6.45) is 1.17. The Balaban J connectivity index is 2.53. The summed E-state index contributed by atoms with van der Waals surface area (Å²) in [6.45, 7) is 4.46. The number of rotatable bonds is 3. The highest BCUT2D eigenvalue weighted by Gasteiger charge is 2.10. The Kier molecular flexibility index (Phi) is 3.15. The minimum absolute atomic E-state index is 0.560. The second-order valence-electron chi connectivity index (χ2n) is 4.04. The van der Waals surface area contributed by atoms with Crippen LogP contribution in [0.15, 0.2) is 30.3 Å². The largest absolute Gasteiger partial charge is 0.342 e. The number of hydrogen-bond acceptors (Lipinski definition) is 0. The van der Waals surface area contributed by atoms with E-state index in [4.69, 9.17) is 0 Å². The molecule has 15 heavy (non-hydrogen) atoms. The number of benzene rings is 1. The third kappa shape index (κ3) is 1.96. The Hall–Kier alpha value is -0.760. The van der Waals surface area contributed by atoms with E-state index in [1.807, 2.05) is 0 Å². The molecule has 0 fully saturated rings. The van der Waals surface area contributed by atoms with E-state index < -0.39 is 0 Å². The van der Waals surface area contributed by atoms with Gasteiger partial charge in [0.05, 0.1) is 0 Å². The molecule has 0 aliphatic rings. The lowest BCUT2D eigenvalue weighted by Crippen LogP contribution is -2.06. The highest BCUT2D eigenvalue weighted by molar-refractivity contribution is 9.09. The van der Waals surface area contributed by atoms with Crippen molar-refractivity contribution < 1.29 is 0 Å². The maximum atomic E-state index is 3.51. The molecule has 2 rings (SSSR count). The van der Waals surface area contributed by atoms with E-state index in [0.29, 0.717) is 6.04 Å². The second kappa shape index (κ2) is 4.40. The van der Waals surface area contributed by atoms with Crippen LogP contribution < -0.4 is 0 Å². The quantitative estimate of drug-likeness (QED) is 0.730. The lowest BCUT2D eigenvalue weighted by atomic mass is 10.2. The van der Waals surface area contributed by atoms with Crippen molar-refractivity contribution in [2.75, 3.05) is 5.33 Å². The van der Waals surface area contributed by atoms with Gasteiger partial charge < -0.3 is 4.57 Å². The Bertz CT molecular complexity index is 459. The van der Waals surface area contributed by atoms with Crippen molar-refractivity contribution in [3.8, 4) is 0 Å². The van der Waals surface area contributed by atoms with Crippen molar-refractivity contribution in [3.05, 3.63) is 36.0 Å². The molecule has 0 amide bonds. The van der Waals surface area contributed by atoms with Gasteiger partial charge in [-0.1, -0.05) is 34.1 Å². The number of hydrogen-bond donors (Lipinski definition) is 0. The fourth-order valence-corrected chi connectivity index (χ4v) is 2.85. The van der Waals surface area contributed by atoms with Gasteiger partial charge in [-0.3, -0.25) is 0 Å². The van der Waals surface area contributed by atoms with E-state index in [1.54, 1.807) is 0 Å². The molecule has 1 aromatic heterocycles. The predicted octanol–water partition coefficient (Wildman–Crippen LogP) is 4.30. The second-order valence-corrected chi connectivity index (χ2v) is 4.83. The van der Waals surface area contributed by atoms with Gasteiger partial charge in [-0.2, -0.15) is 0 Å². The van der Waals surface area contributed by atoms with Crippen molar-refractivity contribution in [2.24, 2.45) is 0 Å². The molecule has 0 aliphatic heterocycles. The molecule has 2 heteroatoms. The average molecular weight is 266 g/mol. The number of halogens is 1. The average Bonchev–Trinajstić information content (AvgIpc) is 2.54. The van der Waals surface area contributed by atoms with Crippen molar-refractivity contribution in [3.63, 3.8) is 0 Å². The zero-order chi connectivity index (χ0) is 10.8. The maximum absolute atomic E-state index is 3.51. The van der Waals surface area contributed by atoms with Gasteiger partial charge in [0.25, 0.3) is 0 Å². The van der Waals surface area contributed by atoms with Gasteiger partial charge in [0.1, 0.15) is 0 Å². The first-order valence-electron chi connectivity index (χ1n) is 5.36. The number of fused-ring (bicyclic) bond motifs is 1. The van der Waals surface area contributed by atoms with Crippen LogP contribution in [-0.2, 0) is 0 Å². The zero-order valence-electron chi connectivity index (χ0n) is 9.20. The summed E-state index contributed by atoms with van der Waals surface area (Å²) in [5.41, 5.74) is 2.70. The molecule has 0 saturated carbocycles. The Morgan fingerprint density at radius 2 is 2.07 bits per heavy atom. The van der Waals surface area contributed by atoms with E-state index >= 15 is 0 Å². The number of para-hydroxylation sites is 1. The van der Waals surface area contributed by atoms with Gasteiger partial charge in [0.15, 0.2) is 0 Å². The molecule has 1 aromatic carbocycles. The fraction of sp³-hybridized carbons (Fsp3) is 0.385. The van der Waals surface area contributed by atoms with Crippen LogP contribution in [0.5, 0.6) is 0 Å². The van der Waals surface area contributed by atoms with E-state index in [0.717, 1.165) is 5.33 Å². The molecule has 2 aromatic rings. The summed E-state index contributed by atoms with van der Waals surface area (Å²) >= 11 is 3.51. The van der Waals surface area contributed by atoms with Crippen LogP contribution in [0.1, 0.15) is 25.1 Å². The minimum Gasteiger partial charge on any atom is -0.342 e. The van der Waals surface area contributed by atoms with Gasteiger partial charge in [-0.15, -0.1) is 0 Å². The number of aryl methyl sites for hydroxylation is 1. The molecule has 1 unspecified atom stereocenters. The molecule has 0 bridgehead atoms. The first-order chi connectivity index (χ1) is 7.24. The summed E-state index contributed by atoms with van der Waals surface area (Å²) in [4.78, 5) is 0. The van der Waals surface area contributed by atoms with E-state index in [1.165, 1.54) is 23.0 Å². The van der Waals surface area contributed by atoms with Crippen LogP contribution in [0, 0.1) is 6.92 Å². The van der Waals surface area contributed by atoms with Gasteiger partial charge in [-0.25, -0.2) is 0 Å². The lowest BCUT2D eigenvalue weighted by molar-refractivity contribution is 0.543. The van der Waals surface area contributed by atoms with Crippen LogP contribution in [0.4, 0.5) is 0 Å². The molecule has 0 N–H and O–H groups in total. The molecular weight excluding hydrogens is 250 g/mol. The summed E-state index contributed by atoms with van der Waals surface area (Å²) in [6, 6.07) is 11.4. The third-order valence-corrected chi connectivity index (χ3v) is 3.37. The van der Waals surface area contributed by atoms with Gasteiger partial charge in [0, 0.05) is 22.6 Å². The molecule has 1 nitrogen and oxygen atoms in total. The summed E-state index contributed by atoms with van der Waals surface area (Å²) < 4.78 is 2.43. The maximum Gasteiger partial charge on any atom is 0.0484 e. The molecule has 0 saturated heterocycles. The van der Waals surface area contributed by atoms with Crippen molar-refractivity contribution in [1.82, 2.24) is 4.57 Å². The Morgan fingerprint density at radius 3 is 2.80 bits per heavy atom. The number of nitrogens with zero attached hydrogens (tertiary/aromatic N) is 1. The van der Waals surface area contributed by atoms with Crippen LogP contribution in [0.3, 0.4) is 0 Å². The number of aromatic nitrogens is 1. The topological polar surface area (TPSA) is 4.93 Å². The van der Waals surface area contributed by atoms with E-state index in [-0.39, 0.29) is 0 Å². The highest BCUT2D eigenvalue weighted by Crippen LogP contribution is 2.25. The molecule has 0 radical (unpaired) electrons. The SMILES string of the molecule is Cc1cc2ccccc2n1C(C)CCBr. The Labute approximate surface area is 99.2 Å². The lowest BCUT2D eigenvalue weighted by Gasteiger charge is -2.16. The van der Waals surface area contributed by atoms with Gasteiger partial charge >= 0.3 is 0 Å². The highest BCUT2D eigenvalue weighted by atomic mass is 79.9. The van der Waals surface area contributed by atoms with Crippen LogP contribution in [0.2, 0.25) is 0 Å². The summed E-state index contributed by atoms with van der Waals surface area (Å²) in [7, 11) is 0. The standard InChI is InChI=1S/C13H16BrN/c1-10(7-8-14)15-11(2)9-12-5-3-4-6-13(12)15/h3-6,9-10H,7-8H2,1-2H3. The van der Waals surface area contributed by atoms with Crippen molar-refractivity contribution >= 4 is 26.8 Å². The smallest absolute Gasteiger partial charge is 0.0484 e. The molecule has 80 valence electrons. The first-order valence-corrected chi connectivity index (χ1v) is 6.48. The fourth-order valence-electron chi connectivity index (χ4n) is 2.19. The summed E-state index contributed by atoms with van der Waals surface area (Å²) in [5, 5.41) is 2.40. The summed E-state index contributed by atoms with van der Waals surface area (Å²) in [5.74, 6) is 0. The zero-order valence-corrected chi connectivity index (χ0v) is 10.8. The van der Waals surface area contributed by atoms with E-state index in [9.17, 15) is 0 Å². The molecule has 1 atom stereocenters. The minimum atomic E-state index is 0.560. The third-order valence-electron chi connectivity index (χ3n) is 2.91. The van der Waals surface area contributed by atoms with E-state index in [2.05, 4.69) is 64.7 Å². The number of alkyl halides is 1. The van der Waals surface area contributed by atoms with Crippen molar-refractivity contribution in [2.45, 2.75) is 26.3 Å². The van der Waals surface area contributed by atoms with Gasteiger partial charge in [0.2, 0.25) is 0 Å². The van der Waals surface area contributed by atoms with Crippen LogP contribution in [-0.4, -0.2) is 9.90 Å². The molecular formula is C13H16BrN. The normalized spacial score (nSPS) is 13.3. The molecule has 1 heterocycles. The first kappa shape index (κ1) is 10.7. The molecule has 0 aliphatic carbocycles. The van der Waals surface area contributed by atoms with Crippen molar-refractivity contribution in [1.29, 1.82) is 0 Å². The van der Waals surface area contributed by atoms with Crippen LogP contribution in [0.25, 0.3) is 10.9 Å². The van der Waals surface area contributed by atoms with Crippen LogP contribution >= 0.6 is 15.9 Å².